The van der Waals surface area contributed by atoms with E-state index in [9.17, 15) is 13.2 Å². The van der Waals surface area contributed by atoms with Crippen LogP contribution in [0, 0.1) is 24.2 Å². The fraction of sp³-hybridized carbons (Fsp3) is 0.300. The van der Waals surface area contributed by atoms with Crippen molar-refractivity contribution < 1.29 is 13.2 Å². The molecule has 0 spiro atoms. The van der Waals surface area contributed by atoms with E-state index in [1.54, 1.807) is 31.2 Å². The predicted octanol–water partition coefficient (Wildman–Crippen LogP) is 3.42. The fourth-order valence-electron chi connectivity index (χ4n) is 2.54. The molecule has 6 nitrogen and oxygen atoms in total. The van der Waals surface area contributed by atoms with Crippen molar-refractivity contribution in [3.63, 3.8) is 0 Å². The van der Waals surface area contributed by atoms with Crippen LogP contribution in [0.5, 0.6) is 0 Å². The van der Waals surface area contributed by atoms with Crippen molar-refractivity contribution in [3.8, 4) is 6.07 Å². The number of hydrogen-bond acceptors (Lipinski definition) is 4. The quantitative estimate of drug-likeness (QED) is 0.791. The molecule has 1 N–H and O–H groups in total. The maximum Gasteiger partial charge on any atom is 0.261 e. The number of anilines is 1. The molecule has 0 saturated heterocycles. The summed E-state index contributed by atoms with van der Waals surface area (Å²) in [6, 6.07) is 15.0. The Balaban J connectivity index is 2.26. The van der Waals surface area contributed by atoms with Gasteiger partial charge in [0, 0.05) is 24.3 Å². The molecule has 1 amide bonds. The van der Waals surface area contributed by atoms with Crippen LogP contribution in [-0.2, 0) is 10.0 Å². The smallest absolute Gasteiger partial charge is 0.261 e. The highest BCUT2D eigenvalue weighted by Gasteiger charge is 2.20. The van der Waals surface area contributed by atoms with Gasteiger partial charge in [-0.15, -0.1) is 0 Å². The summed E-state index contributed by atoms with van der Waals surface area (Å²) in [5.41, 5.74) is 1.75. The Hall–Kier alpha value is -2.85. The maximum absolute atomic E-state index is 12.7. The van der Waals surface area contributed by atoms with E-state index < -0.39 is 10.0 Å². The van der Waals surface area contributed by atoms with Crippen molar-refractivity contribution in [1.29, 1.82) is 5.26 Å². The number of carbonyl (C=O) groups is 1. The van der Waals surface area contributed by atoms with Gasteiger partial charge in [-0.05, 0) is 51.1 Å². The number of rotatable bonds is 7. The standard InChI is InChI=1S/C20H23N3O3S/c1-4-23(14-16(3)13-21)20(24)17-6-5-7-19(12-17)27(25,26)22-18-10-8-15(2)9-11-18/h5-12,16,22H,4,14H2,1-3H3. The number of benzene rings is 2. The Morgan fingerprint density at radius 3 is 2.48 bits per heavy atom. The second kappa shape index (κ2) is 8.69. The first-order valence-corrected chi connectivity index (χ1v) is 10.1. The van der Waals surface area contributed by atoms with Crippen LogP contribution in [0.2, 0.25) is 0 Å². The average molecular weight is 385 g/mol. The SMILES string of the molecule is CCN(CC(C)C#N)C(=O)c1cccc(S(=O)(=O)Nc2ccc(C)cc2)c1. The Morgan fingerprint density at radius 2 is 1.89 bits per heavy atom. The fourth-order valence-corrected chi connectivity index (χ4v) is 3.65. The molecule has 27 heavy (non-hydrogen) atoms. The number of amides is 1. The summed E-state index contributed by atoms with van der Waals surface area (Å²) < 4.78 is 27.8. The third-order valence-electron chi connectivity index (χ3n) is 4.08. The largest absolute Gasteiger partial charge is 0.338 e. The van der Waals surface area contributed by atoms with Gasteiger partial charge in [-0.25, -0.2) is 8.42 Å². The monoisotopic (exact) mass is 385 g/mol. The van der Waals surface area contributed by atoms with Gasteiger partial charge < -0.3 is 4.90 Å². The molecule has 1 unspecified atom stereocenters. The number of sulfonamides is 1. The van der Waals surface area contributed by atoms with Crippen molar-refractivity contribution in [3.05, 3.63) is 59.7 Å². The van der Waals surface area contributed by atoms with E-state index in [1.807, 2.05) is 26.0 Å². The molecule has 2 aromatic rings. The summed E-state index contributed by atoms with van der Waals surface area (Å²) in [4.78, 5) is 14.3. The van der Waals surface area contributed by atoms with E-state index in [1.165, 1.54) is 17.0 Å². The third kappa shape index (κ3) is 5.31. The molecule has 1 atom stereocenters. The molecule has 0 aliphatic heterocycles. The van der Waals surface area contributed by atoms with Gasteiger partial charge in [0.05, 0.1) is 16.9 Å². The molecule has 0 saturated carbocycles. The van der Waals surface area contributed by atoms with Crippen LogP contribution in [0.25, 0.3) is 0 Å². The molecule has 142 valence electrons. The molecule has 0 fully saturated rings. The van der Waals surface area contributed by atoms with Gasteiger partial charge in [0.2, 0.25) is 0 Å². The van der Waals surface area contributed by atoms with Crippen molar-refractivity contribution >= 4 is 21.6 Å². The van der Waals surface area contributed by atoms with E-state index in [4.69, 9.17) is 5.26 Å². The summed E-state index contributed by atoms with van der Waals surface area (Å²) in [7, 11) is -3.82. The van der Waals surface area contributed by atoms with Crippen LogP contribution in [-0.4, -0.2) is 32.3 Å². The Kier molecular flexibility index (Phi) is 6.59. The van der Waals surface area contributed by atoms with Crippen LogP contribution in [0.4, 0.5) is 5.69 Å². The summed E-state index contributed by atoms with van der Waals surface area (Å²) in [6.07, 6.45) is 0. The topological polar surface area (TPSA) is 90.3 Å². The molecule has 0 bridgehead atoms. The molecular formula is C20H23N3O3S. The van der Waals surface area contributed by atoms with Gasteiger partial charge in [-0.3, -0.25) is 9.52 Å². The Morgan fingerprint density at radius 1 is 1.22 bits per heavy atom. The summed E-state index contributed by atoms with van der Waals surface area (Å²) in [5.74, 6) is -0.601. The summed E-state index contributed by atoms with van der Waals surface area (Å²) in [5, 5.41) is 8.96. The highest BCUT2D eigenvalue weighted by molar-refractivity contribution is 7.92. The van der Waals surface area contributed by atoms with Crippen molar-refractivity contribution in [2.45, 2.75) is 25.7 Å². The minimum Gasteiger partial charge on any atom is -0.338 e. The molecule has 0 heterocycles. The van der Waals surface area contributed by atoms with Crippen molar-refractivity contribution in [2.75, 3.05) is 17.8 Å². The minimum atomic E-state index is -3.82. The van der Waals surface area contributed by atoms with E-state index >= 15 is 0 Å². The van der Waals surface area contributed by atoms with Crippen LogP contribution in [0.1, 0.15) is 29.8 Å². The molecule has 0 aromatic heterocycles. The van der Waals surface area contributed by atoms with Crippen LogP contribution >= 0.6 is 0 Å². The highest BCUT2D eigenvalue weighted by Crippen LogP contribution is 2.19. The van der Waals surface area contributed by atoms with Crippen LogP contribution in [0.15, 0.2) is 53.4 Å². The summed E-state index contributed by atoms with van der Waals surface area (Å²) in [6.45, 7) is 6.21. The van der Waals surface area contributed by atoms with Crippen LogP contribution < -0.4 is 4.72 Å². The van der Waals surface area contributed by atoms with Crippen molar-refractivity contribution in [1.82, 2.24) is 4.90 Å². The van der Waals surface area contributed by atoms with Gasteiger partial charge in [0.15, 0.2) is 0 Å². The molecule has 2 aromatic carbocycles. The summed E-state index contributed by atoms with van der Waals surface area (Å²) >= 11 is 0. The van der Waals surface area contributed by atoms with E-state index in [0.29, 0.717) is 18.8 Å². The molecular weight excluding hydrogens is 362 g/mol. The first-order chi connectivity index (χ1) is 12.8. The lowest BCUT2D eigenvalue weighted by Crippen LogP contribution is -2.34. The molecule has 0 aliphatic rings. The third-order valence-corrected chi connectivity index (χ3v) is 5.46. The van der Waals surface area contributed by atoms with E-state index in [0.717, 1.165) is 5.56 Å². The molecule has 0 aliphatic carbocycles. The number of carbonyl (C=O) groups excluding carboxylic acids is 1. The lowest BCUT2D eigenvalue weighted by atomic mass is 10.1. The molecule has 7 heteroatoms. The number of nitrogens with one attached hydrogen (secondary N) is 1. The Bertz CT molecular complexity index is 947. The Labute approximate surface area is 160 Å². The van der Waals surface area contributed by atoms with Gasteiger partial charge in [-0.2, -0.15) is 5.26 Å². The lowest BCUT2D eigenvalue weighted by molar-refractivity contribution is 0.0752. The molecule has 0 radical (unpaired) electrons. The minimum absolute atomic E-state index is 0.0123. The number of aryl methyl sites for hydroxylation is 1. The normalized spacial score (nSPS) is 12.1. The first kappa shape index (κ1) is 20.5. The average Bonchev–Trinajstić information content (AvgIpc) is 2.67. The van der Waals surface area contributed by atoms with Gasteiger partial charge >= 0.3 is 0 Å². The van der Waals surface area contributed by atoms with Gasteiger partial charge in [0.25, 0.3) is 15.9 Å². The van der Waals surface area contributed by atoms with Crippen LogP contribution in [0.3, 0.4) is 0 Å². The second-order valence-corrected chi connectivity index (χ2v) is 8.06. The zero-order valence-corrected chi connectivity index (χ0v) is 16.5. The molecule has 2 rings (SSSR count). The van der Waals surface area contributed by atoms with E-state index in [2.05, 4.69) is 10.8 Å². The van der Waals surface area contributed by atoms with Crippen molar-refractivity contribution in [2.24, 2.45) is 5.92 Å². The zero-order valence-electron chi connectivity index (χ0n) is 15.6. The number of nitrogens with zero attached hydrogens (tertiary/aromatic N) is 2. The van der Waals surface area contributed by atoms with Gasteiger partial charge in [0.1, 0.15) is 0 Å². The second-order valence-electron chi connectivity index (χ2n) is 6.37. The maximum atomic E-state index is 12.7. The number of hydrogen-bond donors (Lipinski definition) is 1. The predicted molar refractivity (Wildman–Crippen MR) is 105 cm³/mol. The first-order valence-electron chi connectivity index (χ1n) is 8.65. The zero-order chi connectivity index (χ0) is 20.0. The number of nitriles is 1. The highest BCUT2D eigenvalue weighted by atomic mass is 32.2. The van der Waals surface area contributed by atoms with E-state index in [-0.39, 0.29) is 22.3 Å². The van der Waals surface area contributed by atoms with Gasteiger partial charge in [-0.1, -0.05) is 23.8 Å². The lowest BCUT2D eigenvalue weighted by Gasteiger charge is -2.22.